The van der Waals surface area contributed by atoms with Gasteiger partial charge in [0.05, 0.1) is 12.8 Å². The van der Waals surface area contributed by atoms with Crippen LogP contribution in [0.2, 0.25) is 0 Å². The van der Waals surface area contributed by atoms with E-state index >= 15 is 0 Å². The van der Waals surface area contributed by atoms with Crippen LogP contribution in [0.3, 0.4) is 0 Å². The molecular formula is C40H38N6O3. The first-order valence-corrected chi connectivity index (χ1v) is 16.5. The Hall–Kier alpha value is -6.22. The van der Waals surface area contributed by atoms with E-state index in [1.807, 2.05) is 91.5 Å². The number of benzene rings is 4. The zero-order chi connectivity index (χ0) is 33.6. The van der Waals surface area contributed by atoms with Crippen molar-refractivity contribution in [1.29, 1.82) is 0 Å². The standard InChI is InChI=1S/C20H19N3O2.C20H19N3O/c24-15-5-6-19-17(10-15)13(11-22-19)7-8-21-20(25)9-14-12-23-18-4-2-1-3-16(14)18;24-20(11-15-13-23-19-8-4-2-6-17(15)19)21-10-9-14-12-22-18-7-3-1-5-16(14)18/h1-6,10-12,22-24H,7-9H2,(H,21,25);1-8,12-13,22-23H,9-11H2,(H,21,24). The molecule has 0 saturated carbocycles. The topological polar surface area (TPSA) is 142 Å². The molecule has 0 fully saturated rings. The van der Waals surface area contributed by atoms with Crippen molar-refractivity contribution in [2.75, 3.05) is 13.1 Å². The molecule has 8 aromatic rings. The van der Waals surface area contributed by atoms with Gasteiger partial charge in [-0.15, -0.1) is 0 Å². The van der Waals surface area contributed by atoms with Crippen molar-refractivity contribution in [3.05, 3.63) is 138 Å². The molecule has 8 rings (SSSR count). The van der Waals surface area contributed by atoms with E-state index in [1.165, 1.54) is 10.9 Å². The van der Waals surface area contributed by atoms with Crippen LogP contribution in [0, 0.1) is 0 Å². The van der Waals surface area contributed by atoms with Crippen LogP contribution in [-0.4, -0.2) is 49.9 Å². The zero-order valence-electron chi connectivity index (χ0n) is 27.0. The lowest BCUT2D eigenvalue weighted by Gasteiger charge is -2.05. The van der Waals surface area contributed by atoms with Crippen LogP contribution in [0.25, 0.3) is 43.6 Å². The van der Waals surface area contributed by atoms with Gasteiger partial charge in [-0.2, -0.15) is 0 Å². The molecule has 0 atom stereocenters. The van der Waals surface area contributed by atoms with E-state index in [2.05, 4.69) is 42.7 Å². The molecule has 2 amide bonds. The third-order valence-electron chi connectivity index (χ3n) is 8.91. The molecule has 4 heterocycles. The third kappa shape index (κ3) is 7.21. The summed E-state index contributed by atoms with van der Waals surface area (Å²) in [6, 6.07) is 29.5. The number of aromatic amines is 4. The fraction of sp³-hybridized carbons (Fsp3) is 0.150. The number of fused-ring (bicyclic) bond motifs is 4. The number of hydrogen-bond donors (Lipinski definition) is 7. The lowest BCUT2D eigenvalue weighted by atomic mass is 10.1. The lowest BCUT2D eigenvalue weighted by Crippen LogP contribution is -2.27. The molecule has 7 N–H and O–H groups in total. The summed E-state index contributed by atoms with van der Waals surface area (Å²) < 4.78 is 0. The van der Waals surface area contributed by atoms with Crippen LogP contribution >= 0.6 is 0 Å². The summed E-state index contributed by atoms with van der Waals surface area (Å²) in [6.45, 7) is 1.20. The number of amides is 2. The van der Waals surface area contributed by atoms with E-state index in [0.29, 0.717) is 32.4 Å². The predicted molar refractivity (Wildman–Crippen MR) is 196 cm³/mol. The number of rotatable bonds is 10. The van der Waals surface area contributed by atoms with Gasteiger partial charge in [0.2, 0.25) is 11.8 Å². The maximum Gasteiger partial charge on any atom is 0.224 e. The highest BCUT2D eigenvalue weighted by Gasteiger charge is 2.11. The maximum atomic E-state index is 12.2. The zero-order valence-corrected chi connectivity index (χ0v) is 27.0. The Kier molecular flexibility index (Phi) is 9.14. The van der Waals surface area contributed by atoms with Crippen molar-refractivity contribution >= 4 is 55.4 Å². The summed E-state index contributed by atoms with van der Waals surface area (Å²) in [5, 5.41) is 20.0. The molecule has 0 radical (unpaired) electrons. The number of carbonyl (C=O) groups excluding carboxylic acids is 2. The molecule has 4 aromatic carbocycles. The minimum Gasteiger partial charge on any atom is -0.508 e. The van der Waals surface area contributed by atoms with Gasteiger partial charge in [0.25, 0.3) is 0 Å². The highest BCUT2D eigenvalue weighted by atomic mass is 16.3. The molecular weight excluding hydrogens is 612 g/mol. The molecule has 0 saturated heterocycles. The van der Waals surface area contributed by atoms with Crippen LogP contribution in [0.4, 0.5) is 0 Å². The largest absolute Gasteiger partial charge is 0.508 e. The molecule has 49 heavy (non-hydrogen) atoms. The first-order valence-electron chi connectivity index (χ1n) is 16.5. The van der Waals surface area contributed by atoms with Crippen molar-refractivity contribution in [2.24, 2.45) is 0 Å². The van der Waals surface area contributed by atoms with Crippen molar-refractivity contribution in [3.63, 3.8) is 0 Å². The quantitative estimate of drug-likeness (QED) is 0.0875. The summed E-state index contributed by atoms with van der Waals surface area (Å²) in [4.78, 5) is 37.3. The fourth-order valence-electron chi connectivity index (χ4n) is 6.41. The molecule has 9 nitrogen and oxygen atoms in total. The number of phenolic OH excluding ortho intramolecular Hbond substituents is 1. The average Bonchev–Trinajstić information content (AvgIpc) is 3.92. The number of hydrogen-bond acceptors (Lipinski definition) is 3. The van der Waals surface area contributed by atoms with E-state index in [-0.39, 0.29) is 17.6 Å². The van der Waals surface area contributed by atoms with Gasteiger partial charge in [0, 0.05) is 81.5 Å². The molecule has 0 aliphatic rings. The first-order chi connectivity index (χ1) is 24.0. The van der Waals surface area contributed by atoms with E-state index in [1.54, 1.807) is 12.1 Å². The highest BCUT2D eigenvalue weighted by molar-refractivity contribution is 5.90. The summed E-state index contributed by atoms with van der Waals surface area (Å²) in [6.07, 6.45) is 10.1. The maximum absolute atomic E-state index is 12.2. The van der Waals surface area contributed by atoms with E-state index in [4.69, 9.17) is 0 Å². The number of carbonyl (C=O) groups is 2. The van der Waals surface area contributed by atoms with Crippen LogP contribution in [0.15, 0.2) is 116 Å². The first kappa shape index (κ1) is 31.4. The Morgan fingerprint density at radius 2 is 0.878 bits per heavy atom. The molecule has 0 aliphatic heterocycles. The van der Waals surface area contributed by atoms with Gasteiger partial charge in [0.15, 0.2) is 0 Å². The summed E-state index contributed by atoms with van der Waals surface area (Å²) in [5.41, 5.74) is 8.59. The van der Waals surface area contributed by atoms with Crippen LogP contribution in [0.5, 0.6) is 5.75 Å². The molecule has 246 valence electrons. The van der Waals surface area contributed by atoms with E-state index < -0.39 is 0 Å². The van der Waals surface area contributed by atoms with Gasteiger partial charge >= 0.3 is 0 Å². The van der Waals surface area contributed by atoms with Crippen molar-refractivity contribution in [2.45, 2.75) is 25.7 Å². The Labute approximate surface area is 282 Å². The van der Waals surface area contributed by atoms with Crippen molar-refractivity contribution in [3.8, 4) is 5.75 Å². The van der Waals surface area contributed by atoms with E-state index in [0.717, 1.165) is 61.3 Å². The second-order valence-electron chi connectivity index (χ2n) is 12.2. The van der Waals surface area contributed by atoms with Gasteiger partial charge in [-0.3, -0.25) is 9.59 Å². The second-order valence-corrected chi connectivity index (χ2v) is 12.2. The highest BCUT2D eigenvalue weighted by Crippen LogP contribution is 2.24. The van der Waals surface area contributed by atoms with Gasteiger partial charge in [-0.1, -0.05) is 54.6 Å². The Balaban J connectivity index is 0.000000154. The average molecular weight is 651 g/mol. The minimum atomic E-state index is 0.00689. The monoisotopic (exact) mass is 650 g/mol. The number of aromatic hydroxyl groups is 1. The Morgan fingerprint density at radius 1 is 0.490 bits per heavy atom. The molecule has 0 bridgehead atoms. The van der Waals surface area contributed by atoms with Gasteiger partial charge in [0.1, 0.15) is 5.75 Å². The SMILES string of the molecule is O=C(Cc1c[nH]c2ccccc12)NCCc1c[nH]c2ccc(O)cc12.O=C(Cc1c[nH]c2ccccc12)NCCc1c[nH]c2ccccc12. The summed E-state index contributed by atoms with van der Waals surface area (Å²) in [7, 11) is 0. The molecule has 9 heteroatoms. The summed E-state index contributed by atoms with van der Waals surface area (Å²) >= 11 is 0. The summed E-state index contributed by atoms with van der Waals surface area (Å²) in [5.74, 6) is 0.309. The number of aromatic nitrogens is 4. The smallest absolute Gasteiger partial charge is 0.224 e. The van der Waals surface area contributed by atoms with Gasteiger partial charge in [-0.05, 0) is 71.5 Å². The number of nitrogens with one attached hydrogen (secondary N) is 6. The number of phenols is 1. The Morgan fingerprint density at radius 3 is 1.37 bits per heavy atom. The predicted octanol–water partition coefficient (Wildman–Crippen LogP) is 6.81. The molecule has 0 unspecified atom stereocenters. The van der Waals surface area contributed by atoms with Crippen molar-refractivity contribution in [1.82, 2.24) is 30.6 Å². The second kappa shape index (κ2) is 14.3. The lowest BCUT2D eigenvalue weighted by molar-refractivity contribution is -0.121. The van der Waals surface area contributed by atoms with Crippen LogP contribution in [-0.2, 0) is 35.3 Å². The number of para-hydroxylation sites is 3. The Bertz CT molecular complexity index is 2380. The van der Waals surface area contributed by atoms with Crippen molar-refractivity contribution < 1.29 is 14.7 Å². The van der Waals surface area contributed by atoms with E-state index in [9.17, 15) is 14.7 Å². The van der Waals surface area contributed by atoms with Gasteiger partial charge in [-0.25, -0.2) is 0 Å². The molecule has 4 aromatic heterocycles. The number of H-pyrrole nitrogens is 4. The molecule has 0 spiro atoms. The third-order valence-corrected chi connectivity index (χ3v) is 8.91. The van der Waals surface area contributed by atoms with Crippen LogP contribution < -0.4 is 10.6 Å². The minimum absolute atomic E-state index is 0.00689. The molecule has 0 aliphatic carbocycles. The fourth-order valence-corrected chi connectivity index (χ4v) is 6.41. The normalized spacial score (nSPS) is 11.2. The van der Waals surface area contributed by atoms with Gasteiger partial charge < -0.3 is 35.7 Å². The van der Waals surface area contributed by atoms with Crippen LogP contribution in [0.1, 0.15) is 22.3 Å².